The van der Waals surface area contributed by atoms with Crippen LogP contribution >= 0.6 is 0 Å². The van der Waals surface area contributed by atoms with Gasteiger partial charge in [-0.25, -0.2) is 4.98 Å². The van der Waals surface area contributed by atoms with Crippen LogP contribution in [0.15, 0.2) is 36.5 Å². The second-order valence-electron chi connectivity index (χ2n) is 4.80. The van der Waals surface area contributed by atoms with E-state index in [4.69, 9.17) is 0 Å². The number of hydrogen-bond donors (Lipinski definition) is 2. The third kappa shape index (κ3) is 3.71. The predicted octanol–water partition coefficient (Wildman–Crippen LogP) is 4.26. The van der Waals surface area contributed by atoms with Gasteiger partial charge in [-0.2, -0.15) is 0 Å². The topological polar surface area (TPSA) is 37.0 Å². The minimum absolute atomic E-state index is 0.914. The van der Waals surface area contributed by atoms with Crippen molar-refractivity contribution in [3.8, 4) is 0 Å². The van der Waals surface area contributed by atoms with E-state index in [2.05, 4.69) is 54.6 Å². The van der Waals surface area contributed by atoms with Crippen LogP contribution in [0.1, 0.15) is 24.5 Å². The van der Waals surface area contributed by atoms with E-state index < -0.39 is 0 Å². The molecule has 1 aromatic carbocycles. The van der Waals surface area contributed by atoms with E-state index in [1.165, 1.54) is 11.1 Å². The van der Waals surface area contributed by atoms with Gasteiger partial charge in [0.05, 0.1) is 0 Å². The summed E-state index contributed by atoms with van der Waals surface area (Å²) >= 11 is 0. The van der Waals surface area contributed by atoms with Crippen LogP contribution in [-0.2, 0) is 0 Å². The number of nitrogens with zero attached hydrogens (tertiary/aromatic N) is 1. The van der Waals surface area contributed by atoms with Crippen LogP contribution in [0.3, 0.4) is 0 Å². The van der Waals surface area contributed by atoms with Gasteiger partial charge in [0.1, 0.15) is 5.82 Å². The maximum absolute atomic E-state index is 4.30. The Morgan fingerprint density at radius 2 is 1.95 bits per heavy atom. The monoisotopic (exact) mass is 255 g/mol. The van der Waals surface area contributed by atoms with Crippen molar-refractivity contribution in [3.63, 3.8) is 0 Å². The van der Waals surface area contributed by atoms with Crippen LogP contribution < -0.4 is 10.6 Å². The van der Waals surface area contributed by atoms with Gasteiger partial charge in [0.25, 0.3) is 0 Å². The van der Waals surface area contributed by atoms with Crippen LogP contribution in [0, 0.1) is 13.8 Å². The zero-order chi connectivity index (χ0) is 13.7. The van der Waals surface area contributed by atoms with E-state index in [9.17, 15) is 0 Å². The van der Waals surface area contributed by atoms with Crippen molar-refractivity contribution in [1.29, 1.82) is 0 Å². The van der Waals surface area contributed by atoms with Gasteiger partial charge in [-0.3, -0.25) is 0 Å². The average molecular weight is 255 g/mol. The fourth-order valence-electron chi connectivity index (χ4n) is 1.97. The highest BCUT2D eigenvalue weighted by Gasteiger charge is 2.01. The van der Waals surface area contributed by atoms with Gasteiger partial charge < -0.3 is 10.6 Å². The van der Waals surface area contributed by atoms with Crippen molar-refractivity contribution >= 4 is 17.2 Å². The Balaban J connectivity index is 2.14. The Hall–Kier alpha value is -2.03. The van der Waals surface area contributed by atoms with E-state index in [1.54, 1.807) is 0 Å². The van der Waals surface area contributed by atoms with Crippen molar-refractivity contribution in [3.05, 3.63) is 47.7 Å². The summed E-state index contributed by atoms with van der Waals surface area (Å²) in [5.74, 6) is 0.914. The molecule has 0 unspecified atom stereocenters. The molecule has 1 heterocycles. The van der Waals surface area contributed by atoms with Gasteiger partial charge in [-0.05, 0) is 38.0 Å². The molecule has 0 radical (unpaired) electrons. The lowest BCUT2D eigenvalue weighted by Crippen LogP contribution is -2.02. The molecule has 0 aliphatic heterocycles. The number of hydrogen-bond acceptors (Lipinski definition) is 3. The summed E-state index contributed by atoms with van der Waals surface area (Å²) in [4.78, 5) is 4.30. The van der Waals surface area contributed by atoms with Gasteiger partial charge in [0.15, 0.2) is 0 Å². The standard InChI is InChI=1S/C16H21N3/c1-4-8-17-16-11-14(7-9-18-16)19-15-6-5-12(2)10-13(15)3/h5-7,9-11H,4,8H2,1-3H3,(H2,17,18,19). The zero-order valence-corrected chi connectivity index (χ0v) is 11.8. The molecule has 1 aromatic heterocycles. The molecular weight excluding hydrogens is 234 g/mol. The summed E-state index contributed by atoms with van der Waals surface area (Å²) in [6, 6.07) is 10.4. The Kier molecular flexibility index (Phi) is 4.39. The highest BCUT2D eigenvalue weighted by molar-refractivity contribution is 5.65. The first-order chi connectivity index (χ1) is 9.19. The van der Waals surface area contributed by atoms with E-state index >= 15 is 0 Å². The van der Waals surface area contributed by atoms with E-state index in [0.717, 1.165) is 30.2 Å². The molecule has 2 rings (SSSR count). The Bertz CT molecular complexity index is 549. The molecule has 2 aromatic rings. The Labute approximate surface area is 115 Å². The molecule has 0 fully saturated rings. The molecule has 0 atom stereocenters. The molecule has 100 valence electrons. The minimum atomic E-state index is 0.914. The predicted molar refractivity (Wildman–Crippen MR) is 82.2 cm³/mol. The number of aryl methyl sites for hydroxylation is 2. The second kappa shape index (κ2) is 6.23. The molecule has 2 N–H and O–H groups in total. The zero-order valence-electron chi connectivity index (χ0n) is 11.8. The van der Waals surface area contributed by atoms with Crippen molar-refractivity contribution in [2.24, 2.45) is 0 Å². The summed E-state index contributed by atoms with van der Waals surface area (Å²) in [5.41, 5.74) is 4.72. The normalized spacial score (nSPS) is 10.3. The largest absolute Gasteiger partial charge is 0.370 e. The molecule has 3 heteroatoms. The summed E-state index contributed by atoms with van der Waals surface area (Å²) in [6.07, 6.45) is 2.92. The average Bonchev–Trinajstić information content (AvgIpc) is 2.40. The van der Waals surface area contributed by atoms with Crippen LogP contribution in [0.4, 0.5) is 17.2 Å². The first-order valence-corrected chi connectivity index (χ1v) is 6.73. The van der Waals surface area contributed by atoms with E-state index in [1.807, 2.05) is 18.3 Å². The van der Waals surface area contributed by atoms with E-state index in [-0.39, 0.29) is 0 Å². The maximum atomic E-state index is 4.30. The lowest BCUT2D eigenvalue weighted by atomic mass is 10.1. The quantitative estimate of drug-likeness (QED) is 0.838. The highest BCUT2D eigenvalue weighted by Crippen LogP contribution is 2.22. The SMILES string of the molecule is CCCNc1cc(Nc2ccc(C)cc2C)ccn1. The van der Waals surface area contributed by atoms with Gasteiger partial charge in [-0.15, -0.1) is 0 Å². The van der Waals surface area contributed by atoms with Crippen molar-refractivity contribution in [1.82, 2.24) is 4.98 Å². The molecule has 0 saturated heterocycles. The Morgan fingerprint density at radius 1 is 1.11 bits per heavy atom. The third-order valence-electron chi connectivity index (χ3n) is 2.98. The van der Waals surface area contributed by atoms with Crippen LogP contribution in [0.5, 0.6) is 0 Å². The summed E-state index contributed by atoms with van der Waals surface area (Å²) in [7, 11) is 0. The van der Waals surface area contributed by atoms with Gasteiger partial charge in [0.2, 0.25) is 0 Å². The highest BCUT2D eigenvalue weighted by atomic mass is 15.0. The molecule has 0 aliphatic rings. The number of benzene rings is 1. The van der Waals surface area contributed by atoms with E-state index in [0.29, 0.717) is 0 Å². The minimum Gasteiger partial charge on any atom is -0.370 e. The fraction of sp³-hybridized carbons (Fsp3) is 0.312. The molecule has 0 aliphatic carbocycles. The summed E-state index contributed by atoms with van der Waals surface area (Å²) in [5, 5.41) is 6.73. The molecular formula is C16H21N3. The molecule has 0 spiro atoms. The van der Waals surface area contributed by atoms with Gasteiger partial charge in [-0.1, -0.05) is 24.6 Å². The first kappa shape index (κ1) is 13.4. The molecule has 0 bridgehead atoms. The van der Waals surface area contributed by atoms with Crippen molar-refractivity contribution in [2.45, 2.75) is 27.2 Å². The van der Waals surface area contributed by atoms with Crippen molar-refractivity contribution in [2.75, 3.05) is 17.2 Å². The lowest BCUT2D eigenvalue weighted by Gasteiger charge is -2.11. The molecule has 0 amide bonds. The maximum Gasteiger partial charge on any atom is 0.127 e. The van der Waals surface area contributed by atoms with Crippen LogP contribution in [0.2, 0.25) is 0 Å². The lowest BCUT2D eigenvalue weighted by molar-refractivity contribution is 0.969. The number of aromatic nitrogens is 1. The summed E-state index contributed by atoms with van der Waals surface area (Å²) in [6.45, 7) is 7.31. The first-order valence-electron chi connectivity index (χ1n) is 6.73. The fourth-order valence-corrected chi connectivity index (χ4v) is 1.97. The third-order valence-corrected chi connectivity index (χ3v) is 2.98. The molecule has 3 nitrogen and oxygen atoms in total. The smallest absolute Gasteiger partial charge is 0.127 e. The second-order valence-corrected chi connectivity index (χ2v) is 4.80. The molecule has 0 saturated carbocycles. The molecule has 19 heavy (non-hydrogen) atoms. The van der Waals surface area contributed by atoms with Crippen molar-refractivity contribution < 1.29 is 0 Å². The summed E-state index contributed by atoms with van der Waals surface area (Å²) < 4.78 is 0. The number of anilines is 3. The van der Waals surface area contributed by atoms with Gasteiger partial charge in [0, 0.05) is 30.2 Å². The number of pyridine rings is 1. The number of nitrogens with one attached hydrogen (secondary N) is 2. The van der Waals surface area contributed by atoms with Gasteiger partial charge >= 0.3 is 0 Å². The van der Waals surface area contributed by atoms with Crippen LogP contribution in [0.25, 0.3) is 0 Å². The Morgan fingerprint density at radius 3 is 2.68 bits per heavy atom. The number of rotatable bonds is 5. The van der Waals surface area contributed by atoms with Crippen LogP contribution in [-0.4, -0.2) is 11.5 Å².